The molecule has 8 heteroatoms. The van der Waals surface area contributed by atoms with Gasteiger partial charge in [0.1, 0.15) is 11.5 Å². The summed E-state index contributed by atoms with van der Waals surface area (Å²) in [6.07, 6.45) is 0. The summed E-state index contributed by atoms with van der Waals surface area (Å²) in [5.41, 5.74) is 4.54. The Bertz CT molecular complexity index is 995. The maximum Gasteiger partial charge on any atom is 0.276 e. The molecule has 0 aliphatic heterocycles. The summed E-state index contributed by atoms with van der Waals surface area (Å²) in [4.78, 5) is 23.6. The zero-order chi connectivity index (χ0) is 19.9. The van der Waals surface area contributed by atoms with Crippen molar-refractivity contribution in [3.8, 4) is 11.5 Å². The Hall–Kier alpha value is -2.77. The summed E-state index contributed by atoms with van der Waals surface area (Å²) in [6.45, 7) is -0.506. The molecular weight excluding hydrogens is 448 g/mol. The second-order valence-corrected chi connectivity index (χ2v) is 6.96. The maximum atomic E-state index is 11.9. The van der Waals surface area contributed by atoms with E-state index in [1.165, 1.54) is 0 Å². The molecule has 0 aromatic heterocycles. The molecule has 144 valence electrons. The van der Waals surface area contributed by atoms with Crippen LogP contribution >= 0.6 is 27.5 Å². The lowest BCUT2D eigenvalue weighted by Crippen LogP contribution is -2.45. The van der Waals surface area contributed by atoms with Gasteiger partial charge < -0.3 is 9.47 Å². The fourth-order valence-corrected chi connectivity index (χ4v) is 3.09. The Labute approximate surface area is 174 Å². The molecule has 0 spiro atoms. The number of amides is 2. The number of rotatable bonds is 6. The minimum absolute atomic E-state index is 0.251. The lowest BCUT2D eigenvalue weighted by Gasteiger charge is -2.11. The van der Waals surface area contributed by atoms with Crippen LogP contribution in [0.4, 0.5) is 0 Å². The van der Waals surface area contributed by atoms with Gasteiger partial charge in [0, 0.05) is 5.02 Å². The number of fused-ring (bicyclic) bond motifs is 1. The summed E-state index contributed by atoms with van der Waals surface area (Å²) in [6, 6.07) is 18.1. The molecule has 0 fully saturated rings. The van der Waals surface area contributed by atoms with Gasteiger partial charge in [-0.2, -0.15) is 0 Å². The summed E-state index contributed by atoms with van der Waals surface area (Å²) in [5.74, 6) is 0.0247. The van der Waals surface area contributed by atoms with Crippen molar-refractivity contribution >= 4 is 50.1 Å². The van der Waals surface area contributed by atoms with Gasteiger partial charge in [-0.1, -0.05) is 41.9 Å². The fraction of sp³-hybridized carbons (Fsp3) is 0.100. The minimum atomic E-state index is -0.504. The van der Waals surface area contributed by atoms with Crippen molar-refractivity contribution in [2.24, 2.45) is 0 Å². The average molecular weight is 464 g/mol. The third-order valence-corrected chi connectivity index (χ3v) is 4.78. The molecule has 0 radical (unpaired) electrons. The van der Waals surface area contributed by atoms with Gasteiger partial charge in [-0.05, 0) is 57.0 Å². The first-order valence-electron chi connectivity index (χ1n) is 8.29. The highest BCUT2D eigenvalue weighted by Gasteiger charge is 2.10. The molecule has 0 aliphatic rings. The van der Waals surface area contributed by atoms with Gasteiger partial charge in [0.25, 0.3) is 11.8 Å². The summed E-state index contributed by atoms with van der Waals surface area (Å²) in [7, 11) is 0. The molecule has 2 amide bonds. The first-order valence-corrected chi connectivity index (χ1v) is 9.46. The van der Waals surface area contributed by atoms with E-state index >= 15 is 0 Å². The molecule has 3 aromatic rings. The Kier molecular flexibility index (Phi) is 6.73. The number of hydrogen-bond donors (Lipinski definition) is 2. The predicted molar refractivity (Wildman–Crippen MR) is 110 cm³/mol. The topological polar surface area (TPSA) is 76.7 Å². The van der Waals surface area contributed by atoms with Gasteiger partial charge in [0.15, 0.2) is 13.2 Å². The van der Waals surface area contributed by atoms with E-state index in [4.69, 9.17) is 21.1 Å². The van der Waals surface area contributed by atoms with Gasteiger partial charge in [0.05, 0.1) is 4.47 Å². The van der Waals surface area contributed by atoms with Gasteiger partial charge in [-0.3, -0.25) is 20.4 Å². The van der Waals surface area contributed by atoms with Crippen LogP contribution < -0.4 is 20.3 Å². The van der Waals surface area contributed by atoms with Crippen molar-refractivity contribution in [1.82, 2.24) is 10.9 Å². The number of hydrogen-bond acceptors (Lipinski definition) is 4. The predicted octanol–water partition coefficient (Wildman–Crippen LogP) is 3.86. The maximum absolute atomic E-state index is 11.9. The second-order valence-electron chi connectivity index (χ2n) is 5.73. The summed E-state index contributed by atoms with van der Waals surface area (Å²) >= 11 is 9.26. The molecule has 2 N–H and O–H groups in total. The van der Waals surface area contributed by atoms with E-state index in [9.17, 15) is 9.59 Å². The molecule has 0 aliphatic carbocycles. The normalized spacial score (nSPS) is 10.4. The monoisotopic (exact) mass is 462 g/mol. The van der Waals surface area contributed by atoms with Crippen LogP contribution in [0.1, 0.15) is 0 Å². The highest BCUT2D eigenvalue weighted by molar-refractivity contribution is 9.10. The lowest BCUT2D eigenvalue weighted by atomic mass is 10.1. The number of carbonyl (C=O) groups is 2. The Morgan fingerprint density at radius 3 is 2.21 bits per heavy atom. The fourth-order valence-electron chi connectivity index (χ4n) is 2.36. The minimum Gasteiger partial charge on any atom is -0.484 e. The van der Waals surface area contributed by atoms with E-state index in [-0.39, 0.29) is 13.2 Å². The Morgan fingerprint density at radius 2 is 1.50 bits per heavy atom. The molecule has 0 saturated heterocycles. The Morgan fingerprint density at radius 1 is 0.857 bits per heavy atom. The SMILES string of the molecule is O=C(COc1ccc(Cl)cc1)NNC(=O)COc1ccc2ccccc2c1Br. The quantitative estimate of drug-likeness (QED) is 0.544. The van der Waals surface area contributed by atoms with Crippen molar-refractivity contribution in [2.75, 3.05) is 13.2 Å². The van der Waals surface area contributed by atoms with Crippen LogP contribution in [0.5, 0.6) is 11.5 Å². The molecule has 28 heavy (non-hydrogen) atoms. The number of carbonyl (C=O) groups excluding carboxylic acids is 2. The van der Waals surface area contributed by atoms with Crippen LogP contribution in [0, 0.1) is 0 Å². The lowest BCUT2D eigenvalue weighted by molar-refractivity contribution is -0.131. The first kappa shape index (κ1) is 20.0. The van der Waals surface area contributed by atoms with Crippen LogP contribution in [0.25, 0.3) is 10.8 Å². The number of hydrazine groups is 1. The molecule has 0 atom stereocenters. The summed E-state index contributed by atoms with van der Waals surface area (Å²) < 4.78 is 11.6. The second kappa shape index (κ2) is 9.43. The highest BCUT2D eigenvalue weighted by atomic mass is 79.9. The van der Waals surface area contributed by atoms with Crippen LogP contribution in [-0.2, 0) is 9.59 Å². The standard InChI is InChI=1S/C20H16BrClN2O4/c21-20-16-4-2-1-3-13(16)5-10-17(20)28-12-19(26)24-23-18(25)11-27-15-8-6-14(22)7-9-15/h1-10H,11-12H2,(H,23,25)(H,24,26). The van der Waals surface area contributed by atoms with E-state index < -0.39 is 11.8 Å². The zero-order valence-corrected chi connectivity index (χ0v) is 16.9. The van der Waals surface area contributed by atoms with Crippen molar-refractivity contribution < 1.29 is 19.1 Å². The van der Waals surface area contributed by atoms with Gasteiger partial charge in [-0.25, -0.2) is 0 Å². The first-order chi connectivity index (χ1) is 13.5. The van der Waals surface area contributed by atoms with Crippen molar-refractivity contribution in [2.45, 2.75) is 0 Å². The van der Waals surface area contributed by atoms with E-state index in [1.807, 2.05) is 30.3 Å². The van der Waals surface area contributed by atoms with Crippen LogP contribution in [-0.4, -0.2) is 25.0 Å². The van der Waals surface area contributed by atoms with E-state index in [2.05, 4.69) is 26.8 Å². The Balaban J connectivity index is 1.43. The molecule has 0 heterocycles. The van der Waals surface area contributed by atoms with Crippen molar-refractivity contribution in [1.29, 1.82) is 0 Å². The molecule has 0 unspecified atom stereocenters. The van der Waals surface area contributed by atoms with E-state index in [1.54, 1.807) is 30.3 Å². The van der Waals surface area contributed by atoms with Gasteiger partial charge >= 0.3 is 0 Å². The molecule has 3 rings (SSSR count). The highest BCUT2D eigenvalue weighted by Crippen LogP contribution is 2.32. The number of nitrogens with one attached hydrogen (secondary N) is 2. The summed E-state index contributed by atoms with van der Waals surface area (Å²) in [5, 5.41) is 2.61. The smallest absolute Gasteiger partial charge is 0.276 e. The van der Waals surface area contributed by atoms with Crippen LogP contribution in [0.2, 0.25) is 5.02 Å². The van der Waals surface area contributed by atoms with Crippen molar-refractivity contribution in [3.63, 3.8) is 0 Å². The molecule has 0 bridgehead atoms. The van der Waals surface area contributed by atoms with Gasteiger partial charge in [0.2, 0.25) is 0 Å². The third-order valence-electron chi connectivity index (χ3n) is 3.71. The molecule has 0 saturated carbocycles. The molecule has 3 aromatic carbocycles. The molecule has 6 nitrogen and oxygen atoms in total. The number of ether oxygens (including phenoxy) is 2. The average Bonchev–Trinajstić information content (AvgIpc) is 2.71. The molecular formula is C20H16BrClN2O4. The number of benzene rings is 3. The number of halogens is 2. The zero-order valence-electron chi connectivity index (χ0n) is 14.6. The van der Waals surface area contributed by atoms with Crippen LogP contribution in [0.15, 0.2) is 65.1 Å². The van der Waals surface area contributed by atoms with Crippen molar-refractivity contribution in [3.05, 3.63) is 70.2 Å². The van der Waals surface area contributed by atoms with E-state index in [0.717, 1.165) is 15.2 Å². The van der Waals surface area contributed by atoms with Gasteiger partial charge in [-0.15, -0.1) is 0 Å². The van der Waals surface area contributed by atoms with Crippen LogP contribution in [0.3, 0.4) is 0 Å². The largest absolute Gasteiger partial charge is 0.484 e. The third kappa shape index (κ3) is 5.37. The van der Waals surface area contributed by atoms with E-state index in [0.29, 0.717) is 16.5 Å².